The largest absolute Gasteiger partial charge is 0.479 e. The van der Waals surface area contributed by atoms with Crippen molar-refractivity contribution in [2.45, 2.75) is 71.7 Å². The molecule has 0 aliphatic rings. The molecule has 0 saturated carbocycles. The molecule has 40 heavy (non-hydrogen) atoms. The number of hydrogen-bond acceptors (Lipinski definition) is 5. The topological polar surface area (TPSA) is 134 Å². The molecular formula is C30H37ClN4O5. The second kappa shape index (κ2) is 14.6. The average Bonchev–Trinajstić information content (AvgIpc) is 3.26. The molecule has 3 aromatic rings. The molecule has 3 rings (SSSR count). The summed E-state index contributed by atoms with van der Waals surface area (Å²) in [6.45, 7) is 6.02. The van der Waals surface area contributed by atoms with Crippen LogP contribution in [0.2, 0.25) is 5.15 Å². The Morgan fingerprint density at radius 2 is 1.70 bits per heavy atom. The summed E-state index contributed by atoms with van der Waals surface area (Å²) in [6, 6.07) is 13.2. The molecule has 10 heteroatoms. The summed E-state index contributed by atoms with van der Waals surface area (Å²) >= 11 is 6.25. The molecule has 0 radical (unpaired) electrons. The van der Waals surface area contributed by atoms with Crippen LogP contribution in [0.25, 0.3) is 0 Å². The van der Waals surface area contributed by atoms with Crippen LogP contribution in [0.1, 0.15) is 79.1 Å². The van der Waals surface area contributed by atoms with Gasteiger partial charge in [-0.3, -0.25) is 9.59 Å². The fraction of sp³-hybridized carbons (Fsp3) is 0.400. The number of aliphatic hydroxyl groups excluding tert-OH is 1. The molecule has 9 nitrogen and oxygen atoms in total. The number of nitrogens with zero attached hydrogens (tertiary/aromatic N) is 2. The van der Waals surface area contributed by atoms with Gasteiger partial charge < -0.3 is 25.4 Å². The molecular weight excluding hydrogens is 532 g/mol. The van der Waals surface area contributed by atoms with Crippen LogP contribution in [0.5, 0.6) is 0 Å². The Balaban J connectivity index is 1.74. The molecule has 0 saturated heterocycles. The summed E-state index contributed by atoms with van der Waals surface area (Å²) in [5, 5.41) is 25.2. The molecule has 4 N–H and O–H groups in total. The van der Waals surface area contributed by atoms with Crippen LogP contribution in [0, 0.1) is 5.92 Å². The molecule has 1 heterocycles. The van der Waals surface area contributed by atoms with E-state index in [1.54, 1.807) is 42.5 Å². The maximum atomic E-state index is 13.2. The van der Waals surface area contributed by atoms with E-state index in [1.165, 1.54) is 0 Å². The van der Waals surface area contributed by atoms with Gasteiger partial charge in [0.15, 0.2) is 11.2 Å². The lowest BCUT2D eigenvalue weighted by molar-refractivity contribution is -0.142. The van der Waals surface area contributed by atoms with Crippen molar-refractivity contribution in [1.82, 2.24) is 20.2 Å². The number of carbonyl (C=O) groups is 3. The first-order valence-electron chi connectivity index (χ1n) is 13.5. The van der Waals surface area contributed by atoms with Crippen LogP contribution in [-0.4, -0.2) is 43.6 Å². The van der Waals surface area contributed by atoms with E-state index in [-0.39, 0.29) is 17.7 Å². The molecule has 0 bridgehead atoms. The fourth-order valence-electron chi connectivity index (χ4n) is 4.40. The molecule has 2 aromatic carbocycles. The zero-order chi connectivity index (χ0) is 29.2. The lowest BCUT2D eigenvalue weighted by Crippen LogP contribution is -2.51. The van der Waals surface area contributed by atoms with Crippen molar-refractivity contribution in [2.24, 2.45) is 5.92 Å². The van der Waals surface area contributed by atoms with Gasteiger partial charge in [0.1, 0.15) is 11.9 Å². The molecule has 2 amide bonds. The van der Waals surface area contributed by atoms with Crippen LogP contribution in [-0.2, 0) is 29.2 Å². The Morgan fingerprint density at radius 1 is 1.02 bits per heavy atom. The number of carboxylic acids is 1. The van der Waals surface area contributed by atoms with Crippen molar-refractivity contribution in [1.29, 1.82) is 0 Å². The smallest absolute Gasteiger partial charge is 0.330 e. The molecule has 0 unspecified atom stereocenters. The van der Waals surface area contributed by atoms with E-state index in [2.05, 4.69) is 22.5 Å². The van der Waals surface area contributed by atoms with Gasteiger partial charge in [0.25, 0.3) is 5.91 Å². The second-order valence-electron chi connectivity index (χ2n) is 9.84. The van der Waals surface area contributed by atoms with Crippen LogP contribution < -0.4 is 10.6 Å². The van der Waals surface area contributed by atoms with E-state index in [4.69, 9.17) is 11.6 Å². The van der Waals surface area contributed by atoms with Gasteiger partial charge in [-0.25, -0.2) is 9.78 Å². The highest BCUT2D eigenvalue weighted by molar-refractivity contribution is 6.30. The number of rotatable bonds is 14. The van der Waals surface area contributed by atoms with Crippen LogP contribution in [0.4, 0.5) is 0 Å². The molecule has 0 aliphatic heterocycles. The average molecular weight is 569 g/mol. The van der Waals surface area contributed by atoms with Crippen LogP contribution in [0.15, 0.2) is 54.6 Å². The number of hydrogen-bond donors (Lipinski definition) is 4. The van der Waals surface area contributed by atoms with Gasteiger partial charge in [0, 0.05) is 18.5 Å². The highest BCUT2D eigenvalue weighted by atomic mass is 35.5. The third-order valence-electron chi connectivity index (χ3n) is 7.01. The molecule has 1 aromatic heterocycles. The van der Waals surface area contributed by atoms with Crippen molar-refractivity contribution in [3.8, 4) is 0 Å². The zero-order valence-electron chi connectivity index (χ0n) is 23.1. The van der Waals surface area contributed by atoms with Crippen LogP contribution >= 0.6 is 11.6 Å². The highest BCUT2D eigenvalue weighted by Gasteiger charge is 2.30. The number of aromatic nitrogens is 2. The predicted octanol–water partition coefficient (Wildman–Crippen LogP) is 4.51. The van der Waals surface area contributed by atoms with E-state index in [0.717, 1.165) is 30.7 Å². The van der Waals surface area contributed by atoms with Crippen molar-refractivity contribution in [3.63, 3.8) is 0 Å². The summed E-state index contributed by atoms with van der Waals surface area (Å²) in [5.74, 6) is -1.63. The number of halogens is 1. The maximum Gasteiger partial charge on any atom is 0.330 e. The van der Waals surface area contributed by atoms with Crippen LogP contribution in [0.3, 0.4) is 0 Å². The monoisotopic (exact) mass is 568 g/mol. The minimum atomic E-state index is -1.24. The number of amides is 2. The quantitative estimate of drug-likeness (QED) is 0.226. The Hall–Kier alpha value is -3.69. The summed E-state index contributed by atoms with van der Waals surface area (Å²) in [6.07, 6.45) is 3.28. The van der Waals surface area contributed by atoms with Crippen molar-refractivity contribution in [2.75, 3.05) is 0 Å². The maximum absolute atomic E-state index is 13.2. The summed E-state index contributed by atoms with van der Waals surface area (Å²) in [4.78, 5) is 42.6. The fourth-order valence-corrected chi connectivity index (χ4v) is 4.66. The number of aliphatic carboxylic acids is 1. The molecule has 0 spiro atoms. The number of aliphatic hydroxyl groups is 1. The number of nitrogens with one attached hydrogen (secondary N) is 2. The van der Waals surface area contributed by atoms with Gasteiger partial charge in [0.05, 0.1) is 12.3 Å². The van der Waals surface area contributed by atoms with Crippen molar-refractivity contribution in [3.05, 3.63) is 88.0 Å². The van der Waals surface area contributed by atoms with E-state index in [0.29, 0.717) is 29.8 Å². The number of unbranched alkanes of at least 4 members (excludes halogenated alkanes) is 1. The number of carboxylic acid groups (broad SMARTS) is 1. The number of aryl methyl sites for hydroxylation is 1. The molecule has 3 atom stereocenters. The van der Waals surface area contributed by atoms with E-state index >= 15 is 0 Å². The Morgan fingerprint density at radius 3 is 2.27 bits per heavy atom. The summed E-state index contributed by atoms with van der Waals surface area (Å²) < 4.78 is 1.90. The number of benzene rings is 2. The van der Waals surface area contributed by atoms with Gasteiger partial charge >= 0.3 is 5.97 Å². The van der Waals surface area contributed by atoms with Gasteiger partial charge in [-0.2, -0.15) is 0 Å². The van der Waals surface area contributed by atoms with Gasteiger partial charge in [-0.05, 0) is 35.6 Å². The minimum Gasteiger partial charge on any atom is -0.479 e. The lowest BCUT2D eigenvalue weighted by Gasteiger charge is -2.25. The summed E-state index contributed by atoms with van der Waals surface area (Å²) in [5.41, 5.74) is 2.24. The van der Waals surface area contributed by atoms with Gasteiger partial charge in [-0.1, -0.05) is 87.7 Å². The minimum absolute atomic E-state index is 0.232. The first-order valence-corrected chi connectivity index (χ1v) is 13.9. The van der Waals surface area contributed by atoms with Crippen molar-refractivity contribution < 1.29 is 24.6 Å². The van der Waals surface area contributed by atoms with Gasteiger partial charge in [0.2, 0.25) is 5.91 Å². The normalized spacial score (nSPS) is 13.3. The molecule has 214 valence electrons. The second-order valence-corrected chi connectivity index (χ2v) is 10.2. The molecule has 0 fully saturated rings. The number of imidazole rings is 1. The first-order chi connectivity index (χ1) is 19.2. The highest BCUT2D eigenvalue weighted by Crippen LogP contribution is 2.21. The zero-order valence-corrected chi connectivity index (χ0v) is 23.8. The van der Waals surface area contributed by atoms with Crippen molar-refractivity contribution >= 4 is 29.4 Å². The lowest BCUT2D eigenvalue weighted by atomic mass is 9.96. The Bertz CT molecular complexity index is 1290. The Kier molecular flexibility index (Phi) is 11.3. The van der Waals surface area contributed by atoms with E-state index in [9.17, 15) is 24.6 Å². The predicted molar refractivity (Wildman–Crippen MR) is 153 cm³/mol. The van der Waals surface area contributed by atoms with E-state index < -0.39 is 29.9 Å². The molecule has 0 aliphatic carbocycles. The van der Waals surface area contributed by atoms with E-state index in [1.807, 2.05) is 30.5 Å². The number of carbonyl (C=O) groups excluding carboxylic acids is 2. The third kappa shape index (κ3) is 7.70. The SMILES string of the molecule is CCCCc1nc(Cl)c(CO)n1Cc1ccc(C(=O)N[C@H](C(=O)N[C@H](C(=O)O)c2ccccc2)[C@@H](C)CC)cc1. The summed E-state index contributed by atoms with van der Waals surface area (Å²) in [7, 11) is 0. The Labute approximate surface area is 239 Å². The standard InChI is InChI=1S/C30H37ClN4O5/c1-4-6-12-24-32-27(31)23(18-36)35(24)17-20-13-15-22(16-14-20)28(37)33-25(19(3)5-2)29(38)34-26(30(39)40)21-10-8-7-9-11-21/h7-11,13-16,19,25-26,36H,4-6,12,17-18H2,1-3H3,(H,33,37)(H,34,38)(H,39,40)/t19-,25-,26-/m0/s1. The first kappa shape index (κ1) is 30.8. The van der Waals surface area contributed by atoms with Gasteiger partial charge in [-0.15, -0.1) is 0 Å². The third-order valence-corrected chi connectivity index (χ3v) is 7.31.